The van der Waals surface area contributed by atoms with E-state index in [2.05, 4.69) is 0 Å². The Hall–Kier alpha value is -2.17. The van der Waals surface area contributed by atoms with Crippen molar-refractivity contribution in [3.05, 3.63) is 0 Å². The number of carboxylic acid groups (broad SMARTS) is 6. The predicted octanol–water partition coefficient (Wildman–Crippen LogP) is -2.54. The zero-order valence-electron chi connectivity index (χ0n) is 8.80. The van der Waals surface area contributed by atoms with Gasteiger partial charge in [-0.2, -0.15) is 0 Å². The van der Waals surface area contributed by atoms with Crippen molar-refractivity contribution < 1.29 is 93.0 Å². The van der Waals surface area contributed by atoms with Gasteiger partial charge in [0.25, 0.3) is 0 Å². The van der Waals surface area contributed by atoms with E-state index < -0.39 is 35.8 Å². The molecule has 0 atom stereocenters. The maximum Gasteiger partial charge on any atom is 0.414 e. The first kappa shape index (κ1) is 30.7. The van der Waals surface area contributed by atoms with Crippen molar-refractivity contribution in [2.24, 2.45) is 0 Å². The quantitative estimate of drug-likeness (QED) is 0.236. The molecule has 0 bridgehead atoms. The van der Waals surface area contributed by atoms with Gasteiger partial charge in [-0.05, 0) is 0 Å². The maximum atomic E-state index is 9.10. The second-order valence-corrected chi connectivity index (χ2v) is 1.83. The van der Waals surface area contributed by atoms with Gasteiger partial charge in [0.1, 0.15) is 0 Å². The Morgan fingerprint density at radius 2 is 0.400 bits per heavy atom. The molecule has 12 nitrogen and oxygen atoms in total. The summed E-state index contributed by atoms with van der Waals surface area (Å²) in [7, 11) is 0. The SMILES string of the molecule is O=C(O)C(=O)O.O=C(O)C(=O)O.O=C(O)C(=O)O.[Co].[Co]. The molecule has 0 heterocycles. The molecule has 0 aliphatic rings. The summed E-state index contributed by atoms with van der Waals surface area (Å²) >= 11 is 0. The molecule has 0 aromatic rings. The summed E-state index contributed by atoms with van der Waals surface area (Å²) in [5.41, 5.74) is 0. The first-order chi connectivity index (χ1) is 7.93. The molecule has 0 rings (SSSR count). The monoisotopic (exact) mass is 388 g/mol. The van der Waals surface area contributed by atoms with Crippen LogP contribution in [0.2, 0.25) is 0 Å². The van der Waals surface area contributed by atoms with Gasteiger partial charge in [-0.15, -0.1) is 0 Å². The molecule has 0 saturated carbocycles. The fourth-order valence-corrected chi connectivity index (χ4v) is 0. The Labute approximate surface area is 129 Å². The standard InChI is InChI=1S/3C2H2O4.2Co/c3*3-1(4)2(5)6;;/h3*(H,3,4)(H,5,6);;. The summed E-state index contributed by atoms with van der Waals surface area (Å²) in [5, 5.41) is 44.3. The maximum absolute atomic E-state index is 9.10. The topological polar surface area (TPSA) is 224 Å². The molecule has 0 aromatic heterocycles. The Morgan fingerprint density at radius 3 is 0.400 bits per heavy atom. The van der Waals surface area contributed by atoms with Crippen LogP contribution in [0.3, 0.4) is 0 Å². The fourth-order valence-electron chi connectivity index (χ4n) is 0. The molecular formula is C6H6Co2O12. The Balaban J connectivity index is -0.0000000536. The summed E-state index contributed by atoms with van der Waals surface area (Å²) in [5.74, 6) is -10.9. The minimum atomic E-state index is -1.82. The van der Waals surface area contributed by atoms with E-state index in [1.54, 1.807) is 0 Å². The molecule has 2 radical (unpaired) electrons. The molecule has 0 saturated heterocycles. The zero-order valence-corrected chi connectivity index (χ0v) is 10.9. The molecule has 0 aliphatic carbocycles. The van der Waals surface area contributed by atoms with Crippen molar-refractivity contribution in [2.45, 2.75) is 0 Å². The molecule has 0 spiro atoms. The van der Waals surface area contributed by atoms with E-state index in [1.165, 1.54) is 0 Å². The summed E-state index contributed by atoms with van der Waals surface area (Å²) in [4.78, 5) is 54.6. The van der Waals surface area contributed by atoms with E-state index in [-0.39, 0.29) is 33.6 Å². The van der Waals surface area contributed by atoms with Crippen LogP contribution in [-0.4, -0.2) is 66.5 Å². The van der Waals surface area contributed by atoms with E-state index in [0.29, 0.717) is 0 Å². The molecule has 0 fully saturated rings. The van der Waals surface area contributed by atoms with Gasteiger partial charge in [0, 0.05) is 33.6 Å². The second-order valence-electron chi connectivity index (χ2n) is 1.83. The van der Waals surface area contributed by atoms with Crippen LogP contribution in [0, 0.1) is 0 Å². The molecule has 0 unspecified atom stereocenters. The number of hydrogen-bond acceptors (Lipinski definition) is 6. The van der Waals surface area contributed by atoms with Gasteiger partial charge < -0.3 is 30.6 Å². The van der Waals surface area contributed by atoms with Gasteiger partial charge in [0.05, 0.1) is 0 Å². The first-order valence-electron chi connectivity index (χ1n) is 3.32. The largest absolute Gasteiger partial charge is 0.473 e. The van der Waals surface area contributed by atoms with Crippen molar-refractivity contribution in [1.29, 1.82) is 0 Å². The molecule has 120 valence electrons. The van der Waals surface area contributed by atoms with Gasteiger partial charge in [-0.1, -0.05) is 0 Å². The van der Waals surface area contributed by atoms with Crippen molar-refractivity contribution in [1.82, 2.24) is 0 Å². The third-order valence-electron chi connectivity index (χ3n) is 0.549. The van der Waals surface area contributed by atoms with Gasteiger partial charge in [0.15, 0.2) is 0 Å². The summed E-state index contributed by atoms with van der Waals surface area (Å²) in [6.07, 6.45) is 0. The van der Waals surface area contributed by atoms with Crippen LogP contribution in [0.25, 0.3) is 0 Å². The Kier molecular flexibility index (Phi) is 25.8. The van der Waals surface area contributed by atoms with E-state index in [4.69, 9.17) is 59.4 Å². The van der Waals surface area contributed by atoms with Crippen LogP contribution in [0.1, 0.15) is 0 Å². The fraction of sp³-hybridized carbons (Fsp3) is 0. The van der Waals surface area contributed by atoms with Crippen molar-refractivity contribution in [2.75, 3.05) is 0 Å². The summed E-state index contributed by atoms with van der Waals surface area (Å²) < 4.78 is 0. The summed E-state index contributed by atoms with van der Waals surface area (Å²) in [6.45, 7) is 0. The molecular weight excluding hydrogens is 382 g/mol. The van der Waals surface area contributed by atoms with Crippen LogP contribution < -0.4 is 0 Å². The Bertz CT molecular complexity index is 281. The zero-order chi connectivity index (χ0) is 15.5. The minimum absolute atomic E-state index is 0. The number of carboxylic acids is 6. The number of aliphatic carboxylic acids is 6. The van der Waals surface area contributed by atoms with E-state index >= 15 is 0 Å². The van der Waals surface area contributed by atoms with Crippen molar-refractivity contribution >= 4 is 35.8 Å². The van der Waals surface area contributed by atoms with Crippen LogP contribution in [0.15, 0.2) is 0 Å². The smallest absolute Gasteiger partial charge is 0.414 e. The molecule has 0 amide bonds. The normalized spacial score (nSPS) is 6.60. The molecule has 0 aromatic carbocycles. The van der Waals surface area contributed by atoms with Gasteiger partial charge in [-0.3, -0.25) is 0 Å². The number of rotatable bonds is 0. The van der Waals surface area contributed by atoms with E-state index in [9.17, 15) is 0 Å². The van der Waals surface area contributed by atoms with Gasteiger partial charge >= 0.3 is 35.8 Å². The number of hydrogen-bond donors (Lipinski definition) is 6. The third kappa shape index (κ3) is 36.0. The number of carbonyl (C=O) groups is 6. The first-order valence-corrected chi connectivity index (χ1v) is 3.32. The molecule has 0 aliphatic heterocycles. The predicted molar refractivity (Wildman–Crippen MR) is 45.8 cm³/mol. The Morgan fingerprint density at radius 1 is 0.350 bits per heavy atom. The van der Waals surface area contributed by atoms with E-state index in [1.807, 2.05) is 0 Å². The summed E-state index contributed by atoms with van der Waals surface area (Å²) in [6, 6.07) is 0. The molecule has 20 heavy (non-hydrogen) atoms. The van der Waals surface area contributed by atoms with Crippen LogP contribution >= 0.6 is 0 Å². The van der Waals surface area contributed by atoms with E-state index in [0.717, 1.165) is 0 Å². The minimum Gasteiger partial charge on any atom is -0.473 e. The molecule has 6 N–H and O–H groups in total. The average Bonchev–Trinajstić information content (AvgIpc) is 2.18. The van der Waals surface area contributed by atoms with Gasteiger partial charge in [-0.25, -0.2) is 28.8 Å². The van der Waals surface area contributed by atoms with Gasteiger partial charge in [0.2, 0.25) is 0 Å². The third-order valence-corrected chi connectivity index (χ3v) is 0.549. The average molecular weight is 388 g/mol. The molecule has 14 heteroatoms. The van der Waals surface area contributed by atoms with Crippen molar-refractivity contribution in [3.8, 4) is 0 Å². The second kappa shape index (κ2) is 16.8. The van der Waals surface area contributed by atoms with Crippen LogP contribution in [0.4, 0.5) is 0 Å². The van der Waals surface area contributed by atoms with Crippen LogP contribution in [0.5, 0.6) is 0 Å². The van der Waals surface area contributed by atoms with Crippen molar-refractivity contribution in [3.63, 3.8) is 0 Å². The van der Waals surface area contributed by atoms with Crippen LogP contribution in [-0.2, 0) is 62.3 Å².